The van der Waals surface area contributed by atoms with E-state index >= 15 is 0 Å². The lowest BCUT2D eigenvalue weighted by molar-refractivity contribution is 0.0998. The quantitative estimate of drug-likeness (QED) is 0.712. The van der Waals surface area contributed by atoms with Gasteiger partial charge in [0.15, 0.2) is 5.69 Å². The Morgan fingerprint density at radius 1 is 1.15 bits per heavy atom. The standard InChI is InChI=1S/C19H16N4O3/c1-2-26-17-8-4-3-6-13(17)14-9-11-22-23-18(14)19(25)21-12-15-16(24)7-5-10-20-15/h3-12,24H,2H2,1H3. The summed E-state index contributed by atoms with van der Waals surface area (Å²) in [6.07, 6.45) is 4.20. The van der Waals surface area contributed by atoms with Crippen molar-refractivity contribution >= 4 is 12.1 Å². The fraction of sp³-hybridized carbons (Fsp3) is 0.105. The molecule has 1 aromatic carbocycles. The molecule has 0 aliphatic rings. The first-order valence-corrected chi connectivity index (χ1v) is 7.97. The van der Waals surface area contributed by atoms with Gasteiger partial charge in [-0.3, -0.25) is 9.78 Å². The molecular formula is C19H16N4O3. The van der Waals surface area contributed by atoms with Crippen LogP contribution < -0.4 is 4.74 Å². The third-order valence-electron chi connectivity index (χ3n) is 3.52. The predicted octanol–water partition coefficient (Wildman–Crippen LogP) is 2.90. The number of nitrogens with zero attached hydrogens (tertiary/aromatic N) is 4. The molecule has 0 fully saturated rings. The highest BCUT2D eigenvalue weighted by atomic mass is 16.5. The molecule has 7 heteroatoms. The Balaban J connectivity index is 1.98. The Bertz CT molecular complexity index is 957. The van der Waals surface area contributed by atoms with Crippen molar-refractivity contribution in [3.05, 3.63) is 66.2 Å². The van der Waals surface area contributed by atoms with E-state index in [4.69, 9.17) is 4.74 Å². The molecule has 0 aliphatic heterocycles. The molecular weight excluding hydrogens is 332 g/mol. The normalized spacial score (nSPS) is 10.8. The fourth-order valence-corrected chi connectivity index (χ4v) is 2.37. The van der Waals surface area contributed by atoms with Gasteiger partial charge in [0.25, 0.3) is 5.91 Å². The number of aromatic nitrogens is 3. The Kier molecular flexibility index (Phi) is 5.28. The zero-order valence-corrected chi connectivity index (χ0v) is 14.0. The number of aromatic hydroxyl groups is 1. The van der Waals surface area contributed by atoms with Gasteiger partial charge in [-0.25, -0.2) is 4.99 Å². The second kappa shape index (κ2) is 7.98. The predicted molar refractivity (Wildman–Crippen MR) is 96.5 cm³/mol. The van der Waals surface area contributed by atoms with Gasteiger partial charge in [0.2, 0.25) is 0 Å². The van der Waals surface area contributed by atoms with Crippen molar-refractivity contribution in [3.63, 3.8) is 0 Å². The van der Waals surface area contributed by atoms with Gasteiger partial charge in [0, 0.05) is 17.3 Å². The van der Waals surface area contributed by atoms with Crippen LogP contribution in [0.2, 0.25) is 0 Å². The highest BCUT2D eigenvalue weighted by Crippen LogP contribution is 2.31. The molecule has 1 amide bonds. The van der Waals surface area contributed by atoms with Crippen molar-refractivity contribution in [2.45, 2.75) is 6.92 Å². The minimum atomic E-state index is -0.593. The largest absolute Gasteiger partial charge is 0.506 e. The fourth-order valence-electron chi connectivity index (χ4n) is 2.37. The number of para-hydroxylation sites is 1. The molecule has 7 nitrogen and oxygen atoms in total. The van der Waals surface area contributed by atoms with Crippen molar-refractivity contribution in [1.29, 1.82) is 0 Å². The van der Waals surface area contributed by atoms with E-state index < -0.39 is 5.91 Å². The maximum atomic E-state index is 12.5. The summed E-state index contributed by atoms with van der Waals surface area (Å²) >= 11 is 0. The van der Waals surface area contributed by atoms with Gasteiger partial charge >= 0.3 is 0 Å². The van der Waals surface area contributed by atoms with E-state index in [9.17, 15) is 9.90 Å². The molecule has 0 radical (unpaired) electrons. The summed E-state index contributed by atoms with van der Waals surface area (Å²) < 4.78 is 5.63. The van der Waals surface area contributed by atoms with Crippen LogP contribution in [0.1, 0.15) is 23.1 Å². The van der Waals surface area contributed by atoms with Gasteiger partial charge in [-0.1, -0.05) is 18.2 Å². The van der Waals surface area contributed by atoms with E-state index in [1.807, 2.05) is 31.2 Å². The smallest absolute Gasteiger partial charge is 0.298 e. The summed E-state index contributed by atoms with van der Waals surface area (Å²) in [4.78, 5) is 20.4. The van der Waals surface area contributed by atoms with Gasteiger partial charge in [-0.15, -0.1) is 5.10 Å². The highest BCUT2D eigenvalue weighted by molar-refractivity contribution is 6.04. The second-order valence-corrected chi connectivity index (χ2v) is 5.19. The Hall–Kier alpha value is -3.61. The molecule has 130 valence electrons. The summed E-state index contributed by atoms with van der Waals surface area (Å²) in [6, 6.07) is 12.1. The molecule has 2 aromatic heterocycles. The average Bonchev–Trinajstić information content (AvgIpc) is 2.68. The van der Waals surface area contributed by atoms with E-state index in [2.05, 4.69) is 20.2 Å². The van der Waals surface area contributed by atoms with Gasteiger partial charge < -0.3 is 9.84 Å². The Morgan fingerprint density at radius 2 is 2.00 bits per heavy atom. The lowest BCUT2D eigenvalue weighted by Crippen LogP contribution is -2.05. The van der Waals surface area contributed by atoms with Crippen molar-refractivity contribution in [2.75, 3.05) is 6.61 Å². The number of hydrogen-bond acceptors (Lipinski definition) is 6. The lowest BCUT2D eigenvalue weighted by Gasteiger charge is -2.11. The van der Waals surface area contributed by atoms with Crippen molar-refractivity contribution in [2.24, 2.45) is 4.99 Å². The van der Waals surface area contributed by atoms with Crippen LogP contribution in [0.4, 0.5) is 0 Å². The molecule has 3 rings (SSSR count). The maximum absolute atomic E-state index is 12.5. The monoisotopic (exact) mass is 348 g/mol. The first-order chi connectivity index (χ1) is 12.7. The molecule has 0 atom stereocenters. The molecule has 3 aromatic rings. The van der Waals surface area contributed by atoms with E-state index in [-0.39, 0.29) is 17.1 Å². The molecule has 0 saturated heterocycles. The number of pyridine rings is 1. The van der Waals surface area contributed by atoms with Crippen LogP contribution in [-0.2, 0) is 0 Å². The summed E-state index contributed by atoms with van der Waals surface area (Å²) in [5, 5.41) is 17.4. The number of ether oxygens (including phenoxy) is 1. The van der Waals surface area contributed by atoms with Crippen LogP contribution >= 0.6 is 0 Å². The van der Waals surface area contributed by atoms with Crippen LogP contribution in [0.3, 0.4) is 0 Å². The topological polar surface area (TPSA) is 97.6 Å². The van der Waals surface area contributed by atoms with Crippen LogP contribution in [0.25, 0.3) is 11.1 Å². The number of carbonyl (C=O) groups excluding carboxylic acids is 1. The molecule has 0 unspecified atom stereocenters. The summed E-state index contributed by atoms with van der Waals surface area (Å²) in [5.74, 6) is -0.0158. The minimum absolute atomic E-state index is 0.0647. The third-order valence-corrected chi connectivity index (χ3v) is 3.52. The van der Waals surface area contributed by atoms with Crippen LogP contribution in [0, 0.1) is 0 Å². The number of carbonyl (C=O) groups is 1. The first kappa shape index (κ1) is 17.2. The summed E-state index contributed by atoms with van der Waals surface area (Å²) in [7, 11) is 0. The Labute approximate surface area is 150 Å². The van der Waals surface area contributed by atoms with Gasteiger partial charge in [0.1, 0.15) is 17.2 Å². The zero-order valence-electron chi connectivity index (χ0n) is 14.0. The first-order valence-electron chi connectivity index (χ1n) is 7.97. The molecule has 0 bridgehead atoms. The number of hydrogen-bond donors (Lipinski definition) is 1. The van der Waals surface area contributed by atoms with Crippen LogP contribution in [0.15, 0.2) is 59.9 Å². The van der Waals surface area contributed by atoms with Crippen LogP contribution in [-0.4, -0.2) is 39.0 Å². The zero-order chi connectivity index (χ0) is 18.4. The molecule has 0 saturated carbocycles. The third kappa shape index (κ3) is 3.72. The minimum Gasteiger partial charge on any atom is -0.506 e. The summed E-state index contributed by atoms with van der Waals surface area (Å²) in [5.41, 5.74) is 1.58. The molecule has 2 heterocycles. The number of rotatable bonds is 5. The number of benzene rings is 1. The average molecular weight is 348 g/mol. The lowest BCUT2D eigenvalue weighted by atomic mass is 10.0. The summed E-state index contributed by atoms with van der Waals surface area (Å²) in [6.45, 7) is 2.38. The van der Waals surface area contributed by atoms with Crippen molar-refractivity contribution < 1.29 is 14.6 Å². The van der Waals surface area contributed by atoms with Gasteiger partial charge in [0.05, 0.1) is 19.0 Å². The number of amides is 1. The Morgan fingerprint density at radius 3 is 2.81 bits per heavy atom. The van der Waals surface area contributed by atoms with Crippen molar-refractivity contribution in [3.8, 4) is 22.6 Å². The molecule has 1 N–H and O–H groups in total. The van der Waals surface area contributed by atoms with E-state index in [0.29, 0.717) is 17.9 Å². The van der Waals surface area contributed by atoms with Gasteiger partial charge in [-0.05, 0) is 31.2 Å². The van der Waals surface area contributed by atoms with Crippen LogP contribution in [0.5, 0.6) is 11.5 Å². The molecule has 0 aliphatic carbocycles. The molecule has 26 heavy (non-hydrogen) atoms. The van der Waals surface area contributed by atoms with E-state index in [1.54, 1.807) is 12.1 Å². The second-order valence-electron chi connectivity index (χ2n) is 5.19. The molecule has 0 spiro atoms. The SMILES string of the molecule is CCOc1ccccc1-c1ccnnc1C(=O)N=Cc1ncccc1O. The highest BCUT2D eigenvalue weighted by Gasteiger charge is 2.17. The van der Waals surface area contributed by atoms with Gasteiger partial charge in [-0.2, -0.15) is 5.10 Å². The maximum Gasteiger partial charge on any atom is 0.298 e. The van der Waals surface area contributed by atoms with Crippen molar-refractivity contribution in [1.82, 2.24) is 15.2 Å². The number of aliphatic imine (C=N–C) groups is 1. The van der Waals surface area contributed by atoms with E-state index in [1.165, 1.54) is 24.7 Å². The van der Waals surface area contributed by atoms with E-state index in [0.717, 1.165) is 5.56 Å².